The number of aromatic nitrogens is 2. The Labute approximate surface area is 125 Å². The molecule has 0 aliphatic rings. The molecule has 4 heteroatoms. The van der Waals surface area contributed by atoms with Crippen molar-refractivity contribution in [2.24, 2.45) is 0 Å². The van der Waals surface area contributed by atoms with Crippen LogP contribution in [0.1, 0.15) is 50.5 Å². The Morgan fingerprint density at radius 2 is 2.15 bits per heavy atom. The largest absolute Gasteiger partial charge is 0.325 e. The summed E-state index contributed by atoms with van der Waals surface area (Å²) < 4.78 is 15.9. The second kappa shape index (κ2) is 6.57. The lowest BCUT2D eigenvalue weighted by atomic mass is 10.1. The molecular formula is C16H22ClFN2. The quantitative estimate of drug-likeness (QED) is 0.685. The Morgan fingerprint density at radius 1 is 1.40 bits per heavy atom. The first-order valence-electron chi connectivity index (χ1n) is 7.31. The van der Waals surface area contributed by atoms with Crippen molar-refractivity contribution in [3.05, 3.63) is 29.3 Å². The van der Waals surface area contributed by atoms with Gasteiger partial charge in [-0.15, -0.1) is 11.6 Å². The summed E-state index contributed by atoms with van der Waals surface area (Å²) >= 11 is 5.88. The SMILES string of the molecule is CCCCC(C)n1c(CCCl)nc2cc(F)c(C)cc21. The number of alkyl halides is 1. The van der Waals surface area contributed by atoms with E-state index in [0.29, 0.717) is 23.9 Å². The van der Waals surface area contributed by atoms with Crippen molar-refractivity contribution >= 4 is 22.6 Å². The molecule has 0 fully saturated rings. The standard InChI is InChI=1S/C16H22ClFN2/c1-4-5-6-12(3)20-15-9-11(2)13(18)10-14(15)19-16(20)7-8-17/h9-10,12H,4-8H2,1-3H3. The fourth-order valence-electron chi connectivity index (χ4n) is 2.65. The smallest absolute Gasteiger partial charge is 0.128 e. The minimum absolute atomic E-state index is 0.194. The van der Waals surface area contributed by atoms with Crippen LogP contribution in [0.4, 0.5) is 4.39 Å². The molecular weight excluding hydrogens is 275 g/mol. The van der Waals surface area contributed by atoms with Crippen LogP contribution in [0.3, 0.4) is 0 Å². The average Bonchev–Trinajstić information content (AvgIpc) is 2.74. The van der Waals surface area contributed by atoms with Crippen LogP contribution in [0.2, 0.25) is 0 Å². The third kappa shape index (κ3) is 2.98. The zero-order valence-corrected chi connectivity index (χ0v) is 13.2. The van der Waals surface area contributed by atoms with Crippen molar-refractivity contribution in [3.63, 3.8) is 0 Å². The third-order valence-corrected chi connectivity index (χ3v) is 3.97. The molecule has 20 heavy (non-hydrogen) atoms. The molecule has 0 spiro atoms. The van der Waals surface area contributed by atoms with E-state index in [4.69, 9.17) is 11.6 Å². The maximum absolute atomic E-state index is 13.7. The highest BCUT2D eigenvalue weighted by Crippen LogP contribution is 2.27. The zero-order valence-electron chi connectivity index (χ0n) is 12.4. The summed E-state index contributed by atoms with van der Waals surface area (Å²) in [6.07, 6.45) is 4.18. The van der Waals surface area contributed by atoms with Crippen LogP contribution in [0.25, 0.3) is 11.0 Å². The van der Waals surface area contributed by atoms with E-state index in [1.54, 1.807) is 6.92 Å². The summed E-state index contributed by atoms with van der Waals surface area (Å²) in [7, 11) is 0. The average molecular weight is 297 g/mol. The Morgan fingerprint density at radius 3 is 2.80 bits per heavy atom. The summed E-state index contributed by atoms with van der Waals surface area (Å²) in [5.41, 5.74) is 2.42. The predicted octanol–water partition coefficient (Wildman–Crippen LogP) is 5.02. The first-order chi connectivity index (χ1) is 9.58. The number of hydrogen-bond acceptors (Lipinski definition) is 1. The number of unbranched alkanes of at least 4 members (excludes halogenated alkanes) is 1. The highest BCUT2D eigenvalue weighted by atomic mass is 35.5. The van der Waals surface area contributed by atoms with E-state index in [1.165, 1.54) is 18.9 Å². The molecule has 0 aliphatic heterocycles. The fraction of sp³-hybridized carbons (Fsp3) is 0.562. The van der Waals surface area contributed by atoms with E-state index in [-0.39, 0.29) is 5.82 Å². The molecule has 2 rings (SSSR count). The summed E-state index contributed by atoms with van der Waals surface area (Å²) in [6, 6.07) is 3.80. The van der Waals surface area contributed by atoms with E-state index >= 15 is 0 Å². The van der Waals surface area contributed by atoms with Crippen molar-refractivity contribution in [2.45, 2.75) is 52.5 Å². The zero-order chi connectivity index (χ0) is 14.7. The highest BCUT2D eigenvalue weighted by Gasteiger charge is 2.16. The molecule has 110 valence electrons. The second-order valence-electron chi connectivity index (χ2n) is 5.42. The molecule has 1 aromatic heterocycles. The molecule has 1 atom stereocenters. The number of imidazole rings is 1. The van der Waals surface area contributed by atoms with Gasteiger partial charge in [-0.2, -0.15) is 0 Å². The van der Waals surface area contributed by atoms with Crippen molar-refractivity contribution in [1.82, 2.24) is 9.55 Å². The Balaban J connectivity index is 2.52. The topological polar surface area (TPSA) is 17.8 Å². The second-order valence-corrected chi connectivity index (χ2v) is 5.80. The maximum Gasteiger partial charge on any atom is 0.128 e. The van der Waals surface area contributed by atoms with Gasteiger partial charge in [0.05, 0.1) is 11.0 Å². The van der Waals surface area contributed by atoms with Crippen molar-refractivity contribution in [1.29, 1.82) is 0 Å². The van der Waals surface area contributed by atoms with Gasteiger partial charge in [0.2, 0.25) is 0 Å². The first-order valence-corrected chi connectivity index (χ1v) is 7.84. The van der Waals surface area contributed by atoms with Gasteiger partial charge in [-0.1, -0.05) is 19.8 Å². The molecule has 1 heterocycles. The molecule has 1 aromatic carbocycles. The number of rotatable bonds is 6. The van der Waals surface area contributed by atoms with Gasteiger partial charge in [-0.25, -0.2) is 9.37 Å². The van der Waals surface area contributed by atoms with Crippen molar-refractivity contribution < 1.29 is 4.39 Å². The highest BCUT2D eigenvalue weighted by molar-refractivity contribution is 6.17. The summed E-state index contributed by atoms with van der Waals surface area (Å²) in [4.78, 5) is 4.57. The molecule has 2 aromatic rings. The summed E-state index contributed by atoms with van der Waals surface area (Å²) in [6.45, 7) is 6.19. The molecule has 0 amide bonds. The van der Waals surface area contributed by atoms with Crippen LogP contribution in [0.5, 0.6) is 0 Å². The Kier molecular flexibility index (Phi) is 5.03. The molecule has 2 nitrogen and oxygen atoms in total. The lowest BCUT2D eigenvalue weighted by Crippen LogP contribution is -2.10. The van der Waals surface area contributed by atoms with E-state index < -0.39 is 0 Å². The van der Waals surface area contributed by atoms with Gasteiger partial charge in [-0.3, -0.25) is 0 Å². The number of hydrogen-bond donors (Lipinski definition) is 0. The molecule has 0 aliphatic carbocycles. The molecule has 0 bridgehead atoms. The van der Waals surface area contributed by atoms with Gasteiger partial charge >= 0.3 is 0 Å². The fourth-order valence-corrected chi connectivity index (χ4v) is 2.82. The van der Waals surface area contributed by atoms with E-state index in [2.05, 4.69) is 23.4 Å². The van der Waals surface area contributed by atoms with Gasteiger partial charge in [-0.05, 0) is 31.9 Å². The van der Waals surface area contributed by atoms with E-state index in [9.17, 15) is 4.39 Å². The number of aryl methyl sites for hydroxylation is 2. The lowest BCUT2D eigenvalue weighted by Gasteiger charge is -2.17. The molecule has 0 N–H and O–H groups in total. The van der Waals surface area contributed by atoms with Gasteiger partial charge in [0.25, 0.3) is 0 Å². The number of fused-ring (bicyclic) bond motifs is 1. The summed E-state index contributed by atoms with van der Waals surface area (Å²) in [5, 5.41) is 0. The monoisotopic (exact) mass is 296 g/mol. The number of benzene rings is 1. The van der Waals surface area contributed by atoms with E-state index in [1.807, 2.05) is 6.07 Å². The molecule has 0 saturated carbocycles. The minimum atomic E-state index is -0.194. The minimum Gasteiger partial charge on any atom is -0.325 e. The maximum atomic E-state index is 13.7. The van der Waals surface area contributed by atoms with Gasteiger partial charge in [0.15, 0.2) is 0 Å². The molecule has 0 radical (unpaired) electrons. The summed E-state index contributed by atoms with van der Waals surface area (Å²) in [5.74, 6) is 1.30. The third-order valence-electron chi connectivity index (χ3n) is 3.78. The molecule has 1 unspecified atom stereocenters. The van der Waals surface area contributed by atoms with Crippen molar-refractivity contribution in [3.8, 4) is 0 Å². The molecule has 0 saturated heterocycles. The normalized spacial score (nSPS) is 13.1. The number of halogens is 2. The first kappa shape index (κ1) is 15.3. The van der Waals surface area contributed by atoms with Crippen LogP contribution >= 0.6 is 11.6 Å². The van der Waals surface area contributed by atoms with Crippen LogP contribution < -0.4 is 0 Å². The van der Waals surface area contributed by atoms with Gasteiger partial charge in [0, 0.05) is 24.4 Å². The van der Waals surface area contributed by atoms with Crippen LogP contribution in [0, 0.1) is 12.7 Å². The number of nitrogens with zero attached hydrogens (tertiary/aromatic N) is 2. The Bertz CT molecular complexity index is 592. The van der Waals surface area contributed by atoms with Crippen LogP contribution in [-0.4, -0.2) is 15.4 Å². The van der Waals surface area contributed by atoms with E-state index in [0.717, 1.165) is 23.3 Å². The van der Waals surface area contributed by atoms with Gasteiger partial charge < -0.3 is 4.57 Å². The van der Waals surface area contributed by atoms with Crippen LogP contribution in [0.15, 0.2) is 12.1 Å². The Hall–Kier alpha value is -1.09. The van der Waals surface area contributed by atoms with Crippen molar-refractivity contribution in [2.75, 3.05) is 5.88 Å². The van der Waals surface area contributed by atoms with Crippen LogP contribution in [-0.2, 0) is 6.42 Å². The van der Waals surface area contributed by atoms with Gasteiger partial charge in [0.1, 0.15) is 11.6 Å². The predicted molar refractivity (Wildman–Crippen MR) is 83.1 cm³/mol. The lowest BCUT2D eigenvalue weighted by molar-refractivity contribution is 0.482.